The number of amides is 1. The number of benzene rings is 2. The van der Waals surface area contributed by atoms with E-state index in [1.807, 2.05) is 88.0 Å². The van der Waals surface area contributed by atoms with Gasteiger partial charge in [0.05, 0.1) is 25.2 Å². The molecule has 0 bridgehead atoms. The molecule has 0 saturated carbocycles. The lowest BCUT2D eigenvalue weighted by Crippen LogP contribution is -2.53. The summed E-state index contributed by atoms with van der Waals surface area (Å²) in [5.74, 6) is -1.05. The van der Waals surface area contributed by atoms with Crippen molar-refractivity contribution in [1.82, 2.24) is 4.90 Å². The second-order valence-electron chi connectivity index (χ2n) is 9.65. The van der Waals surface area contributed by atoms with Gasteiger partial charge in [-0.25, -0.2) is 0 Å². The van der Waals surface area contributed by atoms with Crippen molar-refractivity contribution in [3.8, 4) is 0 Å². The van der Waals surface area contributed by atoms with Crippen LogP contribution in [-0.4, -0.2) is 41.3 Å². The van der Waals surface area contributed by atoms with Crippen LogP contribution in [0.25, 0.3) is 0 Å². The Balaban J connectivity index is 1.95. The number of methoxy groups -OCH3 is 1. The Hall–Kier alpha value is -2.66. The fraction of sp³-hybridized carbons (Fsp3) is 0.481. The molecule has 1 aliphatic rings. The molecule has 0 N–H and O–H groups in total. The van der Waals surface area contributed by atoms with Crippen molar-refractivity contribution in [1.29, 1.82) is 0 Å². The lowest BCUT2D eigenvalue weighted by Gasteiger charge is -2.38. The van der Waals surface area contributed by atoms with Crippen molar-refractivity contribution < 1.29 is 19.1 Å². The summed E-state index contributed by atoms with van der Waals surface area (Å²) in [6, 6.07) is 19.8. The second kappa shape index (κ2) is 9.45. The Bertz CT molecular complexity index is 923. The summed E-state index contributed by atoms with van der Waals surface area (Å²) in [5.41, 5.74) is 0.835. The van der Waals surface area contributed by atoms with Crippen molar-refractivity contribution in [2.75, 3.05) is 7.11 Å². The van der Waals surface area contributed by atoms with E-state index in [0.717, 1.165) is 11.1 Å². The molecule has 1 aliphatic heterocycles. The number of rotatable bonds is 7. The summed E-state index contributed by atoms with van der Waals surface area (Å²) in [5, 5.41) is 0. The van der Waals surface area contributed by atoms with Gasteiger partial charge in [-0.15, -0.1) is 0 Å². The van der Waals surface area contributed by atoms with Crippen LogP contribution in [0.15, 0.2) is 60.7 Å². The minimum Gasteiger partial charge on any atom is -0.469 e. The van der Waals surface area contributed by atoms with E-state index in [1.165, 1.54) is 7.11 Å². The van der Waals surface area contributed by atoms with Crippen LogP contribution < -0.4 is 0 Å². The van der Waals surface area contributed by atoms with Crippen LogP contribution in [0.5, 0.6) is 0 Å². The van der Waals surface area contributed by atoms with Crippen molar-refractivity contribution >= 4 is 11.9 Å². The predicted molar refractivity (Wildman–Crippen MR) is 125 cm³/mol. The summed E-state index contributed by atoms with van der Waals surface area (Å²) in [7, 11) is 1.38. The van der Waals surface area contributed by atoms with E-state index >= 15 is 0 Å². The molecule has 32 heavy (non-hydrogen) atoms. The molecule has 1 saturated heterocycles. The Morgan fingerprint density at radius 3 is 2.12 bits per heavy atom. The van der Waals surface area contributed by atoms with Crippen LogP contribution >= 0.6 is 0 Å². The molecule has 0 unspecified atom stereocenters. The van der Waals surface area contributed by atoms with Gasteiger partial charge in [0.15, 0.2) is 0 Å². The molecule has 0 radical (unpaired) electrons. The van der Waals surface area contributed by atoms with Crippen LogP contribution in [0.4, 0.5) is 0 Å². The van der Waals surface area contributed by atoms with Crippen molar-refractivity contribution in [2.24, 2.45) is 5.92 Å². The number of carbonyl (C=O) groups excluding carboxylic acids is 2. The van der Waals surface area contributed by atoms with Crippen molar-refractivity contribution in [3.05, 3.63) is 71.8 Å². The number of hydrogen-bond acceptors (Lipinski definition) is 4. The predicted octanol–water partition coefficient (Wildman–Crippen LogP) is 4.95. The molecule has 1 amide bonds. The molecule has 0 spiro atoms. The third-order valence-corrected chi connectivity index (χ3v) is 6.55. The van der Waals surface area contributed by atoms with E-state index in [9.17, 15) is 9.59 Å². The molecule has 1 fully saturated rings. The maximum Gasteiger partial charge on any atom is 0.306 e. The Morgan fingerprint density at radius 1 is 1.00 bits per heavy atom. The van der Waals surface area contributed by atoms with Gasteiger partial charge in [0.2, 0.25) is 5.91 Å². The minimum absolute atomic E-state index is 0.0146. The molecule has 3 rings (SSSR count). The van der Waals surface area contributed by atoms with Crippen molar-refractivity contribution in [3.63, 3.8) is 0 Å². The van der Waals surface area contributed by atoms with Crippen LogP contribution in [0.2, 0.25) is 0 Å². The lowest BCUT2D eigenvalue weighted by molar-refractivity contribution is -0.154. The monoisotopic (exact) mass is 437 g/mol. The SMILES string of the molecule is COC(=O)C[C@@H](c1ccccc1)[C@@H](C)C(=O)N1[C@@H](Cc2ccccc2)C(C)(C)OC1(C)C. The average Bonchev–Trinajstić information content (AvgIpc) is 2.95. The van der Waals surface area contributed by atoms with Gasteiger partial charge >= 0.3 is 5.97 Å². The normalized spacial score (nSPS) is 21.1. The van der Waals surface area contributed by atoms with Crippen LogP contribution in [0, 0.1) is 5.92 Å². The van der Waals surface area contributed by atoms with Gasteiger partial charge in [0.1, 0.15) is 5.72 Å². The molecular weight excluding hydrogens is 402 g/mol. The molecule has 0 aliphatic carbocycles. The molecule has 2 aromatic rings. The highest BCUT2D eigenvalue weighted by molar-refractivity contribution is 5.82. The standard InChI is InChI=1S/C27H35NO4/c1-19(22(18-24(29)31-6)21-15-11-8-12-16-21)25(30)28-23(17-20-13-9-7-10-14-20)26(2,3)32-27(28,4)5/h7-16,19,22-23H,17-18H2,1-6H3/t19-,22-,23+/m1/s1. The number of nitrogens with zero attached hydrogens (tertiary/aromatic N) is 1. The fourth-order valence-corrected chi connectivity index (χ4v) is 4.98. The van der Waals surface area contributed by atoms with E-state index in [0.29, 0.717) is 6.42 Å². The van der Waals surface area contributed by atoms with E-state index in [-0.39, 0.29) is 30.3 Å². The van der Waals surface area contributed by atoms with E-state index < -0.39 is 17.2 Å². The Kier molecular flexibility index (Phi) is 7.09. The third-order valence-electron chi connectivity index (χ3n) is 6.55. The summed E-state index contributed by atoms with van der Waals surface area (Å²) in [6.07, 6.45) is 0.845. The molecule has 0 aromatic heterocycles. The maximum absolute atomic E-state index is 14.0. The molecule has 1 heterocycles. The van der Waals surface area contributed by atoms with Crippen LogP contribution in [-0.2, 0) is 25.5 Å². The fourth-order valence-electron chi connectivity index (χ4n) is 4.98. The first kappa shape index (κ1) is 24.0. The zero-order chi connectivity index (χ0) is 23.5. The average molecular weight is 438 g/mol. The maximum atomic E-state index is 14.0. The Labute approximate surface area is 191 Å². The lowest BCUT2D eigenvalue weighted by atomic mass is 9.82. The smallest absolute Gasteiger partial charge is 0.306 e. The van der Waals surface area contributed by atoms with Gasteiger partial charge < -0.3 is 14.4 Å². The third kappa shape index (κ3) is 5.04. The zero-order valence-corrected chi connectivity index (χ0v) is 20.0. The van der Waals surface area contributed by atoms with Gasteiger partial charge in [-0.2, -0.15) is 0 Å². The number of esters is 1. The van der Waals surface area contributed by atoms with Crippen LogP contribution in [0.3, 0.4) is 0 Å². The van der Waals surface area contributed by atoms with Gasteiger partial charge in [-0.3, -0.25) is 9.59 Å². The number of carbonyl (C=O) groups is 2. The number of hydrogen-bond donors (Lipinski definition) is 0. The van der Waals surface area contributed by atoms with Gasteiger partial charge in [0, 0.05) is 11.8 Å². The van der Waals surface area contributed by atoms with E-state index in [4.69, 9.17) is 9.47 Å². The Morgan fingerprint density at radius 2 is 1.56 bits per heavy atom. The molecule has 5 heteroatoms. The highest BCUT2D eigenvalue weighted by atomic mass is 16.6. The van der Waals surface area contributed by atoms with Crippen LogP contribution in [0.1, 0.15) is 58.1 Å². The van der Waals surface area contributed by atoms with Gasteiger partial charge in [-0.1, -0.05) is 67.6 Å². The quantitative estimate of drug-likeness (QED) is 0.575. The zero-order valence-electron chi connectivity index (χ0n) is 20.0. The minimum atomic E-state index is -0.763. The highest BCUT2D eigenvalue weighted by Gasteiger charge is 2.55. The summed E-state index contributed by atoms with van der Waals surface area (Å²) < 4.78 is 11.3. The van der Waals surface area contributed by atoms with E-state index in [1.54, 1.807) is 0 Å². The summed E-state index contributed by atoms with van der Waals surface area (Å²) in [4.78, 5) is 28.1. The molecule has 2 aromatic carbocycles. The van der Waals surface area contributed by atoms with Crippen molar-refractivity contribution in [2.45, 2.75) is 70.7 Å². The first-order valence-corrected chi connectivity index (χ1v) is 11.3. The topological polar surface area (TPSA) is 55.8 Å². The first-order chi connectivity index (χ1) is 15.1. The second-order valence-corrected chi connectivity index (χ2v) is 9.65. The van der Waals surface area contributed by atoms with E-state index in [2.05, 4.69) is 12.1 Å². The molecule has 3 atom stereocenters. The molecule has 5 nitrogen and oxygen atoms in total. The summed E-state index contributed by atoms with van der Waals surface area (Å²) in [6.45, 7) is 9.89. The molecular formula is C27H35NO4. The largest absolute Gasteiger partial charge is 0.469 e. The van der Waals surface area contributed by atoms with Gasteiger partial charge in [-0.05, 0) is 45.2 Å². The van der Waals surface area contributed by atoms with Gasteiger partial charge in [0.25, 0.3) is 0 Å². The number of ether oxygens (including phenoxy) is 2. The molecule has 172 valence electrons. The first-order valence-electron chi connectivity index (χ1n) is 11.3. The highest BCUT2D eigenvalue weighted by Crippen LogP contribution is 2.43. The summed E-state index contributed by atoms with van der Waals surface area (Å²) >= 11 is 0.